The molecule has 1 amide bonds. The molecule has 1 N–H and O–H groups in total. The van der Waals surface area contributed by atoms with Crippen molar-refractivity contribution in [3.8, 4) is 5.75 Å². The van der Waals surface area contributed by atoms with Crippen LogP contribution in [0.4, 0.5) is 0 Å². The molecule has 1 fully saturated rings. The van der Waals surface area contributed by atoms with Crippen LogP contribution in [0.3, 0.4) is 0 Å². The van der Waals surface area contributed by atoms with Crippen LogP contribution in [-0.2, 0) is 4.79 Å². The quantitative estimate of drug-likeness (QED) is 0.831. The van der Waals surface area contributed by atoms with Crippen molar-refractivity contribution in [3.63, 3.8) is 0 Å². The first-order valence-corrected chi connectivity index (χ1v) is 9.17. The summed E-state index contributed by atoms with van der Waals surface area (Å²) in [5.74, 6) is 1.04. The summed E-state index contributed by atoms with van der Waals surface area (Å²) in [5, 5.41) is 3.20. The SMILES string of the molecule is Cc1cc(C)cc(OCCN(C)[C@H](C)C(=O)NC2CCCCC2)c1. The van der Waals surface area contributed by atoms with Crippen LogP contribution < -0.4 is 10.1 Å². The average molecular weight is 332 g/mol. The minimum Gasteiger partial charge on any atom is -0.492 e. The molecule has 0 radical (unpaired) electrons. The maximum atomic E-state index is 12.4. The lowest BCUT2D eigenvalue weighted by molar-refractivity contribution is -0.126. The number of carbonyl (C=O) groups is 1. The molecular weight excluding hydrogens is 300 g/mol. The number of nitrogens with zero attached hydrogens (tertiary/aromatic N) is 1. The van der Waals surface area contributed by atoms with Crippen molar-refractivity contribution >= 4 is 5.91 Å². The van der Waals surface area contributed by atoms with E-state index >= 15 is 0 Å². The second-order valence-corrected chi connectivity index (χ2v) is 7.17. The van der Waals surface area contributed by atoms with Gasteiger partial charge in [0.05, 0.1) is 6.04 Å². The molecule has 0 saturated heterocycles. The Hall–Kier alpha value is -1.55. The summed E-state index contributed by atoms with van der Waals surface area (Å²) in [7, 11) is 1.98. The van der Waals surface area contributed by atoms with Gasteiger partial charge in [-0.05, 0) is 63.9 Å². The summed E-state index contributed by atoms with van der Waals surface area (Å²) in [6.07, 6.45) is 6.02. The maximum Gasteiger partial charge on any atom is 0.237 e. The Balaban J connectivity index is 1.74. The molecular formula is C20H32N2O2. The second kappa shape index (κ2) is 9.07. The van der Waals surface area contributed by atoms with Gasteiger partial charge in [0.2, 0.25) is 5.91 Å². The molecule has 4 nitrogen and oxygen atoms in total. The minimum atomic E-state index is -0.130. The van der Waals surface area contributed by atoms with E-state index in [1.807, 2.05) is 26.1 Å². The lowest BCUT2D eigenvalue weighted by Crippen LogP contribution is -2.48. The zero-order chi connectivity index (χ0) is 17.5. The van der Waals surface area contributed by atoms with E-state index in [0.717, 1.165) is 25.1 Å². The van der Waals surface area contributed by atoms with Crippen molar-refractivity contribution in [2.75, 3.05) is 20.2 Å². The zero-order valence-electron chi connectivity index (χ0n) is 15.6. The van der Waals surface area contributed by atoms with Crippen LogP contribution in [0.15, 0.2) is 18.2 Å². The van der Waals surface area contributed by atoms with Gasteiger partial charge in [0.1, 0.15) is 12.4 Å². The number of nitrogens with one attached hydrogen (secondary N) is 1. The van der Waals surface area contributed by atoms with E-state index in [1.165, 1.54) is 30.4 Å². The fourth-order valence-electron chi connectivity index (χ4n) is 3.29. The van der Waals surface area contributed by atoms with Gasteiger partial charge in [-0.25, -0.2) is 0 Å². The predicted molar refractivity (Wildman–Crippen MR) is 98.5 cm³/mol. The number of carbonyl (C=O) groups excluding carboxylic acids is 1. The molecule has 0 spiro atoms. The second-order valence-electron chi connectivity index (χ2n) is 7.17. The van der Waals surface area contributed by atoms with Gasteiger partial charge in [0, 0.05) is 12.6 Å². The van der Waals surface area contributed by atoms with Crippen LogP contribution in [-0.4, -0.2) is 43.1 Å². The van der Waals surface area contributed by atoms with Gasteiger partial charge in [0.15, 0.2) is 0 Å². The maximum absolute atomic E-state index is 12.4. The highest BCUT2D eigenvalue weighted by molar-refractivity contribution is 5.81. The van der Waals surface area contributed by atoms with Crippen molar-refractivity contribution in [3.05, 3.63) is 29.3 Å². The number of benzene rings is 1. The Morgan fingerprint density at radius 1 is 1.21 bits per heavy atom. The molecule has 2 rings (SSSR count). The first kappa shape index (κ1) is 18.8. The van der Waals surface area contributed by atoms with Crippen LogP contribution in [0.1, 0.15) is 50.2 Å². The highest BCUT2D eigenvalue weighted by Crippen LogP contribution is 2.18. The molecule has 134 valence electrons. The summed E-state index contributed by atoms with van der Waals surface area (Å²) in [4.78, 5) is 14.4. The van der Waals surface area contributed by atoms with Gasteiger partial charge in [0.25, 0.3) is 0 Å². The topological polar surface area (TPSA) is 41.6 Å². The van der Waals surface area contributed by atoms with Crippen LogP contribution in [0, 0.1) is 13.8 Å². The molecule has 0 unspecified atom stereocenters. The van der Waals surface area contributed by atoms with Gasteiger partial charge >= 0.3 is 0 Å². The summed E-state index contributed by atoms with van der Waals surface area (Å²) in [6.45, 7) is 7.43. The fraction of sp³-hybridized carbons (Fsp3) is 0.650. The Labute approximate surface area is 146 Å². The Kier molecular flexibility index (Phi) is 7.10. The molecule has 0 bridgehead atoms. The molecule has 1 saturated carbocycles. The predicted octanol–water partition coefficient (Wildman–Crippen LogP) is 3.45. The number of hydrogen-bond acceptors (Lipinski definition) is 3. The number of ether oxygens (including phenoxy) is 1. The van der Waals surface area contributed by atoms with Crippen molar-refractivity contribution in [1.29, 1.82) is 0 Å². The van der Waals surface area contributed by atoms with E-state index in [4.69, 9.17) is 4.74 Å². The highest BCUT2D eigenvalue weighted by atomic mass is 16.5. The summed E-state index contributed by atoms with van der Waals surface area (Å²) in [6, 6.07) is 6.47. The van der Waals surface area contributed by atoms with Crippen molar-refractivity contribution in [2.24, 2.45) is 0 Å². The van der Waals surface area contributed by atoms with Crippen molar-refractivity contribution < 1.29 is 9.53 Å². The molecule has 1 aromatic rings. The van der Waals surface area contributed by atoms with Gasteiger partial charge in [-0.15, -0.1) is 0 Å². The monoisotopic (exact) mass is 332 g/mol. The third kappa shape index (κ3) is 5.82. The van der Waals surface area contributed by atoms with E-state index in [2.05, 4.69) is 30.1 Å². The Morgan fingerprint density at radius 3 is 2.46 bits per heavy atom. The largest absolute Gasteiger partial charge is 0.492 e. The zero-order valence-corrected chi connectivity index (χ0v) is 15.6. The van der Waals surface area contributed by atoms with E-state index in [-0.39, 0.29) is 11.9 Å². The summed E-state index contributed by atoms with van der Waals surface area (Å²) in [5.41, 5.74) is 2.41. The van der Waals surface area contributed by atoms with Crippen molar-refractivity contribution in [1.82, 2.24) is 10.2 Å². The third-order valence-electron chi connectivity index (χ3n) is 4.90. The molecule has 0 aromatic heterocycles. The van der Waals surface area contributed by atoms with Gasteiger partial charge < -0.3 is 10.1 Å². The number of amides is 1. The van der Waals surface area contributed by atoms with E-state index < -0.39 is 0 Å². The third-order valence-corrected chi connectivity index (χ3v) is 4.90. The normalized spacial score (nSPS) is 16.9. The molecule has 1 atom stereocenters. The average Bonchev–Trinajstić information content (AvgIpc) is 2.54. The van der Waals surface area contributed by atoms with Crippen LogP contribution >= 0.6 is 0 Å². The number of rotatable bonds is 7. The molecule has 0 heterocycles. The summed E-state index contributed by atoms with van der Waals surface area (Å²) >= 11 is 0. The lowest BCUT2D eigenvalue weighted by Gasteiger charge is -2.28. The molecule has 0 aliphatic heterocycles. The fourth-order valence-corrected chi connectivity index (χ4v) is 3.29. The Bertz CT molecular complexity index is 518. The van der Waals surface area contributed by atoms with E-state index in [9.17, 15) is 4.79 Å². The smallest absolute Gasteiger partial charge is 0.237 e. The summed E-state index contributed by atoms with van der Waals surface area (Å²) < 4.78 is 5.84. The minimum absolute atomic E-state index is 0.130. The van der Waals surface area contributed by atoms with Crippen LogP contribution in [0.2, 0.25) is 0 Å². The Morgan fingerprint density at radius 2 is 1.83 bits per heavy atom. The lowest BCUT2D eigenvalue weighted by atomic mass is 9.95. The number of likely N-dealkylation sites (N-methyl/N-ethyl adjacent to an activating group) is 1. The van der Waals surface area contributed by atoms with Gasteiger partial charge in [-0.1, -0.05) is 25.3 Å². The first-order chi connectivity index (χ1) is 11.5. The number of aryl methyl sites for hydroxylation is 2. The van der Waals surface area contributed by atoms with E-state index in [1.54, 1.807) is 0 Å². The van der Waals surface area contributed by atoms with Crippen LogP contribution in [0.5, 0.6) is 5.75 Å². The molecule has 4 heteroatoms. The van der Waals surface area contributed by atoms with Crippen LogP contribution in [0.25, 0.3) is 0 Å². The van der Waals surface area contributed by atoms with Gasteiger partial charge in [-0.2, -0.15) is 0 Å². The molecule has 1 aromatic carbocycles. The molecule has 1 aliphatic rings. The van der Waals surface area contributed by atoms with Crippen molar-refractivity contribution in [2.45, 2.75) is 65.0 Å². The number of hydrogen-bond donors (Lipinski definition) is 1. The van der Waals surface area contributed by atoms with Gasteiger partial charge in [-0.3, -0.25) is 9.69 Å². The molecule has 24 heavy (non-hydrogen) atoms. The highest BCUT2D eigenvalue weighted by Gasteiger charge is 2.22. The molecule has 1 aliphatic carbocycles. The van der Waals surface area contributed by atoms with E-state index in [0.29, 0.717) is 12.6 Å². The first-order valence-electron chi connectivity index (χ1n) is 9.17. The standard InChI is InChI=1S/C20H32N2O2/c1-15-12-16(2)14-19(13-15)24-11-10-22(4)17(3)20(23)21-18-8-6-5-7-9-18/h12-14,17-18H,5-11H2,1-4H3,(H,21,23)/t17-/m1/s1.